The van der Waals surface area contributed by atoms with Gasteiger partial charge in [0.2, 0.25) is 0 Å². The van der Waals surface area contributed by atoms with Crippen LogP contribution in [0, 0.1) is 5.82 Å². The summed E-state index contributed by atoms with van der Waals surface area (Å²) in [6.45, 7) is 1.59. The molecule has 0 unspecified atom stereocenters. The Kier molecular flexibility index (Phi) is 7.50. The summed E-state index contributed by atoms with van der Waals surface area (Å²) in [5, 5.41) is 13.1. The normalized spacial score (nSPS) is 12.9. The lowest BCUT2D eigenvalue weighted by Gasteiger charge is -2.19. The quantitative estimate of drug-likeness (QED) is 0.217. The number of alkyl halides is 5. The predicted molar refractivity (Wildman–Crippen MR) is 130 cm³/mol. The number of hydrogen-bond acceptors (Lipinski definition) is 6. The third-order valence-electron chi connectivity index (χ3n) is 5.43. The van der Waals surface area contributed by atoms with Crippen molar-refractivity contribution in [3.63, 3.8) is 0 Å². The number of benzene rings is 2. The zero-order valence-electron chi connectivity index (χ0n) is 20.1. The number of ether oxygens (including phenoxy) is 1. The Morgan fingerprint density at radius 1 is 1.03 bits per heavy atom. The smallest absolute Gasteiger partial charge is 0.433 e. The number of sulfonamides is 1. The molecule has 2 aromatic heterocycles. The van der Waals surface area contributed by atoms with Gasteiger partial charge >= 0.3 is 11.9 Å². The second kappa shape index (κ2) is 10.5. The number of H-pyrrole nitrogens is 1. The number of halogens is 6. The number of rotatable bonds is 9. The zero-order chi connectivity index (χ0) is 28.5. The monoisotopic (exact) mass is 574 g/mol. The molecule has 4 aromatic rings. The number of nitrogens with one attached hydrogen (secondary N) is 3. The molecule has 0 aliphatic heterocycles. The first kappa shape index (κ1) is 27.8. The van der Waals surface area contributed by atoms with E-state index >= 15 is 0 Å². The van der Waals surface area contributed by atoms with Gasteiger partial charge in [-0.1, -0.05) is 18.2 Å². The van der Waals surface area contributed by atoms with Gasteiger partial charge in [0.05, 0.1) is 11.4 Å². The van der Waals surface area contributed by atoms with Crippen LogP contribution in [0.1, 0.15) is 24.3 Å². The van der Waals surface area contributed by atoms with Crippen molar-refractivity contribution in [2.24, 2.45) is 7.05 Å². The fourth-order valence-electron chi connectivity index (χ4n) is 3.52. The largest absolute Gasteiger partial charge is 0.484 e. The molecule has 3 N–H and O–H groups in total. The van der Waals surface area contributed by atoms with Gasteiger partial charge in [-0.2, -0.15) is 32.1 Å². The van der Waals surface area contributed by atoms with E-state index in [9.17, 15) is 34.8 Å². The third-order valence-corrected chi connectivity index (χ3v) is 6.40. The van der Waals surface area contributed by atoms with Crippen LogP contribution in [0.2, 0.25) is 0 Å². The van der Waals surface area contributed by atoms with Crippen molar-refractivity contribution < 1.29 is 39.5 Å². The van der Waals surface area contributed by atoms with Crippen molar-refractivity contribution in [3.8, 4) is 17.0 Å². The van der Waals surface area contributed by atoms with E-state index in [1.807, 2.05) is 0 Å². The number of aromatic nitrogens is 4. The molecule has 39 heavy (non-hydrogen) atoms. The molecule has 4 rings (SSSR count). The highest BCUT2D eigenvalue weighted by Gasteiger charge is 2.35. The Hall–Kier alpha value is -4.21. The number of hydrogen-bond donors (Lipinski definition) is 3. The van der Waals surface area contributed by atoms with Crippen molar-refractivity contribution in [1.82, 2.24) is 20.0 Å². The average Bonchev–Trinajstić information content (AvgIpc) is 3.46. The standard InChI is InChI=1S/C23H20F6N6O3S/c1-12(13-3-6-15(24)7-4-13)38-18-9-14(5-8-16(18)34-39(36,37)22(25)26)17-10-20(32-31-17)30-21-11-19(23(27,28)29)35(2)33-21/h3-12,22,34H,1-2H3,(H2,30,31,32,33)/t12-/m0/s1. The van der Waals surface area contributed by atoms with Crippen molar-refractivity contribution in [3.05, 3.63) is 71.7 Å². The van der Waals surface area contributed by atoms with Crippen molar-refractivity contribution >= 4 is 27.3 Å². The van der Waals surface area contributed by atoms with Gasteiger partial charge in [0.15, 0.2) is 11.6 Å². The summed E-state index contributed by atoms with van der Waals surface area (Å²) in [4.78, 5) is 0. The topological polar surface area (TPSA) is 114 Å². The second-order valence-corrected chi connectivity index (χ2v) is 9.91. The van der Waals surface area contributed by atoms with Crippen LogP contribution in [-0.4, -0.2) is 34.2 Å². The van der Waals surface area contributed by atoms with Crippen LogP contribution in [0.4, 0.5) is 43.7 Å². The third kappa shape index (κ3) is 6.45. The van der Waals surface area contributed by atoms with Crippen LogP contribution in [0.25, 0.3) is 11.3 Å². The molecule has 0 spiro atoms. The minimum atomic E-state index is -5.03. The zero-order valence-corrected chi connectivity index (χ0v) is 20.9. The van der Waals surface area contributed by atoms with E-state index in [-0.39, 0.29) is 23.1 Å². The van der Waals surface area contributed by atoms with Crippen LogP contribution in [0.15, 0.2) is 54.6 Å². The average molecular weight is 575 g/mol. The van der Waals surface area contributed by atoms with Crippen LogP contribution in [0.3, 0.4) is 0 Å². The van der Waals surface area contributed by atoms with Crippen LogP contribution in [-0.2, 0) is 23.2 Å². The lowest BCUT2D eigenvalue weighted by atomic mass is 10.1. The summed E-state index contributed by atoms with van der Waals surface area (Å²) in [6.07, 6.45) is -5.35. The van der Waals surface area contributed by atoms with E-state index < -0.39 is 39.6 Å². The summed E-state index contributed by atoms with van der Waals surface area (Å²) in [5.41, 5.74) is -0.0364. The van der Waals surface area contributed by atoms with Crippen molar-refractivity contribution in [1.29, 1.82) is 0 Å². The van der Waals surface area contributed by atoms with Gasteiger partial charge in [-0.05, 0) is 36.8 Å². The Labute approximate surface area is 217 Å². The molecule has 1 atom stereocenters. The minimum Gasteiger partial charge on any atom is -0.484 e. The Morgan fingerprint density at radius 3 is 2.33 bits per heavy atom. The molecule has 0 fully saturated rings. The molecule has 0 aliphatic carbocycles. The fraction of sp³-hybridized carbons (Fsp3) is 0.217. The molecule has 0 aliphatic rings. The van der Waals surface area contributed by atoms with E-state index in [4.69, 9.17) is 4.74 Å². The van der Waals surface area contributed by atoms with Gasteiger partial charge in [-0.3, -0.25) is 14.5 Å². The maximum Gasteiger partial charge on any atom is 0.433 e. The summed E-state index contributed by atoms with van der Waals surface area (Å²) >= 11 is 0. The molecular formula is C23H20F6N6O3S. The van der Waals surface area contributed by atoms with E-state index in [2.05, 4.69) is 20.6 Å². The number of anilines is 3. The molecule has 0 bridgehead atoms. The maximum atomic E-state index is 13.3. The van der Waals surface area contributed by atoms with Crippen LogP contribution >= 0.6 is 0 Å². The Bertz CT molecular complexity index is 1570. The summed E-state index contributed by atoms with van der Waals surface area (Å²) in [5.74, 6) is -4.32. The van der Waals surface area contributed by atoms with Gasteiger partial charge in [-0.25, -0.2) is 12.8 Å². The van der Waals surface area contributed by atoms with E-state index in [1.54, 1.807) is 11.6 Å². The molecule has 0 saturated carbocycles. The number of aromatic amines is 1. The molecular weight excluding hydrogens is 554 g/mol. The lowest BCUT2D eigenvalue weighted by Crippen LogP contribution is -2.21. The highest BCUT2D eigenvalue weighted by Crippen LogP contribution is 2.36. The first-order chi connectivity index (χ1) is 18.2. The second-order valence-electron chi connectivity index (χ2n) is 8.26. The Balaban J connectivity index is 1.63. The fourth-order valence-corrected chi connectivity index (χ4v) is 4.08. The maximum absolute atomic E-state index is 13.3. The van der Waals surface area contributed by atoms with Gasteiger partial charge in [0.25, 0.3) is 10.0 Å². The Morgan fingerprint density at radius 2 is 1.72 bits per heavy atom. The molecule has 9 nitrogen and oxygen atoms in total. The van der Waals surface area contributed by atoms with Crippen LogP contribution in [0.5, 0.6) is 5.75 Å². The molecule has 0 amide bonds. The SMILES string of the molecule is C[C@H](Oc1cc(-c2cc(Nc3cc(C(F)(F)F)n(C)n3)n[nH]2)ccc1NS(=O)(=O)C(F)F)c1ccc(F)cc1. The molecule has 2 heterocycles. The number of nitrogens with zero attached hydrogens (tertiary/aromatic N) is 3. The minimum absolute atomic E-state index is 0.112. The van der Waals surface area contributed by atoms with Gasteiger partial charge in [0, 0.05) is 24.7 Å². The number of aryl methyl sites for hydroxylation is 1. The van der Waals surface area contributed by atoms with Crippen molar-refractivity contribution in [2.45, 2.75) is 25.0 Å². The molecule has 0 saturated heterocycles. The first-order valence-corrected chi connectivity index (χ1v) is 12.6. The summed E-state index contributed by atoms with van der Waals surface area (Å²) in [6, 6.07) is 11.5. The highest BCUT2D eigenvalue weighted by atomic mass is 32.2. The van der Waals surface area contributed by atoms with Gasteiger partial charge < -0.3 is 10.1 Å². The lowest BCUT2D eigenvalue weighted by molar-refractivity contribution is -0.143. The molecule has 2 aromatic carbocycles. The predicted octanol–water partition coefficient (Wildman–Crippen LogP) is 5.82. The van der Waals surface area contributed by atoms with Crippen LogP contribution < -0.4 is 14.8 Å². The van der Waals surface area contributed by atoms with E-state index in [0.717, 1.165) is 13.1 Å². The van der Waals surface area contributed by atoms with Crippen molar-refractivity contribution in [2.75, 3.05) is 10.0 Å². The molecule has 208 valence electrons. The first-order valence-electron chi connectivity index (χ1n) is 11.0. The highest BCUT2D eigenvalue weighted by molar-refractivity contribution is 7.93. The summed E-state index contributed by atoms with van der Waals surface area (Å²) in [7, 11) is -3.89. The molecule has 0 radical (unpaired) electrons. The van der Waals surface area contributed by atoms with E-state index in [1.165, 1.54) is 48.5 Å². The van der Waals surface area contributed by atoms with Gasteiger partial charge in [-0.15, -0.1) is 0 Å². The van der Waals surface area contributed by atoms with E-state index in [0.29, 0.717) is 21.5 Å². The summed E-state index contributed by atoms with van der Waals surface area (Å²) < 4.78 is 110. The molecule has 16 heteroatoms. The van der Waals surface area contributed by atoms with Gasteiger partial charge in [0.1, 0.15) is 23.4 Å².